The molecule has 0 aliphatic heterocycles. The van der Waals surface area contributed by atoms with E-state index in [2.05, 4.69) is 14.8 Å². The fraction of sp³-hybridized carbons (Fsp3) is 0.0556. The molecular formula is C18H11ClN6O3S. The van der Waals surface area contributed by atoms with E-state index in [1.165, 1.54) is 7.05 Å². The highest BCUT2D eigenvalue weighted by Crippen LogP contribution is 2.43. The summed E-state index contributed by atoms with van der Waals surface area (Å²) in [5.74, 6) is -1.53. The number of nitriles is 1. The van der Waals surface area contributed by atoms with Crippen molar-refractivity contribution in [3.63, 3.8) is 0 Å². The van der Waals surface area contributed by atoms with E-state index in [0.29, 0.717) is 26.4 Å². The van der Waals surface area contributed by atoms with Crippen molar-refractivity contribution in [1.82, 2.24) is 10.3 Å². The number of nitrogens with zero attached hydrogens (tertiary/aromatic N) is 4. The molecule has 1 aromatic carbocycles. The molecule has 0 radical (unpaired) electrons. The Morgan fingerprint density at radius 3 is 2.62 bits per heavy atom. The van der Waals surface area contributed by atoms with E-state index >= 15 is 0 Å². The molecule has 0 saturated carbocycles. The largest absolute Gasteiger partial charge is 0.539 e. The van der Waals surface area contributed by atoms with Crippen LogP contribution in [0.5, 0.6) is 5.95 Å². The van der Waals surface area contributed by atoms with Gasteiger partial charge < -0.3 is 21.1 Å². The predicted octanol–water partition coefficient (Wildman–Crippen LogP) is 1.77. The Morgan fingerprint density at radius 1 is 1.34 bits per heavy atom. The van der Waals surface area contributed by atoms with Gasteiger partial charge in [0.1, 0.15) is 27.2 Å². The summed E-state index contributed by atoms with van der Waals surface area (Å²) in [5.41, 5.74) is 13.3. The number of ketones is 1. The predicted molar refractivity (Wildman–Crippen MR) is 104 cm³/mol. The number of anilines is 2. The van der Waals surface area contributed by atoms with Crippen LogP contribution < -0.4 is 21.3 Å². The molecule has 29 heavy (non-hydrogen) atoms. The van der Waals surface area contributed by atoms with Gasteiger partial charge in [0.25, 0.3) is 5.78 Å². The van der Waals surface area contributed by atoms with Crippen molar-refractivity contribution in [2.75, 3.05) is 11.5 Å². The molecule has 0 fully saturated rings. The minimum absolute atomic E-state index is 0.00486. The Balaban J connectivity index is 2.04. The van der Waals surface area contributed by atoms with Crippen LogP contribution in [0, 0.1) is 11.3 Å². The molecule has 0 aliphatic rings. The first kappa shape index (κ1) is 18.7. The number of hydrogen-bond acceptors (Lipinski definition) is 9. The molecular weight excluding hydrogens is 416 g/mol. The number of nitrogens with two attached hydrogens (primary N) is 2. The summed E-state index contributed by atoms with van der Waals surface area (Å²) >= 11 is 6.94. The van der Waals surface area contributed by atoms with Crippen molar-refractivity contribution in [2.24, 2.45) is 7.05 Å². The van der Waals surface area contributed by atoms with Gasteiger partial charge in [0, 0.05) is 16.0 Å². The first-order chi connectivity index (χ1) is 13.8. The van der Waals surface area contributed by atoms with E-state index in [-0.39, 0.29) is 27.6 Å². The number of carbonyl (C=O) groups is 1. The number of aryl methyl sites for hydroxylation is 1. The maximum absolute atomic E-state index is 12.9. The standard InChI is InChI=1S/C18H11ClN6O3S/c1-25-13(18(27)28-24-25)14(26)15-12(21)11-10(7-2-4-8(19)5-3-7)9(6-20)16(22)23-17(11)29-15/h2-5H,1H3,(H4-,21,22,23,24,26,27). The molecule has 0 aliphatic carbocycles. The minimum atomic E-state index is -0.877. The molecule has 4 aromatic rings. The fourth-order valence-corrected chi connectivity index (χ4v) is 4.20. The van der Waals surface area contributed by atoms with Gasteiger partial charge in [-0.1, -0.05) is 28.4 Å². The number of halogens is 1. The van der Waals surface area contributed by atoms with Gasteiger partial charge in [0.05, 0.1) is 11.0 Å². The number of fused-ring (bicyclic) bond motifs is 1. The molecule has 144 valence electrons. The number of hydrogen-bond donors (Lipinski definition) is 2. The van der Waals surface area contributed by atoms with Crippen LogP contribution in [-0.2, 0) is 7.05 Å². The lowest BCUT2D eigenvalue weighted by Crippen LogP contribution is -2.37. The van der Waals surface area contributed by atoms with Crippen LogP contribution in [0.3, 0.4) is 0 Å². The van der Waals surface area contributed by atoms with Crippen LogP contribution in [-0.4, -0.2) is 16.0 Å². The second kappa shape index (κ2) is 6.73. The van der Waals surface area contributed by atoms with Gasteiger partial charge >= 0.3 is 5.69 Å². The summed E-state index contributed by atoms with van der Waals surface area (Å²) in [6, 6.07) is 8.80. The van der Waals surface area contributed by atoms with Crippen molar-refractivity contribution >= 4 is 50.4 Å². The van der Waals surface area contributed by atoms with Crippen molar-refractivity contribution in [2.45, 2.75) is 0 Å². The maximum atomic E-state index is 12.9. The average Bonchev–Trinajstić information content (AvgIpc) is 3.20. The minimum Gasteiger partial charge on any atom is -0.539 e. The third-order valence-electron chi connectivity index (χ3n) is 4.33. The van der Waals surface area contributed by atoms with Crippen LogP contribution in [0.25, 0.3) is 21.3 Å². The highest BCUT2D eigenvalue weighted by atomic mass is 35.5. The maximum Gasteiger partial charge on any atom is 0.305 e. The monoisotopic (exact) mass is 426 g/mol. The van der Waals surface area contributed by atoms with Crippen molar-refractivity contribution in [3.05, 3.63) is 45.4 Å². The molecule has 0 saturated heterocycles. The summed E-state index contributed by atoms with van der Waals surface area (Å²) in [7, 11) is 1.41. The van der Waals surface area contributed by atoms with E-state index in [1.807, 2.05) is 6.07 Å². The molecule has 9 nitrogen and oxygen atoms in total. The number of aromatic nitrogens is 3. The quantitative estimate of drug-likeness (QED) is 0.370. The van der Waals surface area contributed by atoms with Crippen LogP contribution >= 0.6 is 22.9 Å². The van der Waals surface area contributed by atoms with Crippen LogP contribution in [0.1, 0.15) is 20.9 Å². The summed E-state index contributed by atoms with van der Waals surface area (Å²) in [6.07, 6.45) is 0. The highest BCUT2D eigenvalue weighted by Gasteiger charge is 2.30. The van der Waals surface area contributed by atoms with Crippen LogP contribution in [0.15, 0.2) is 28.8 Å². The Hall–Kier alpha value is -3.68. The summed E-state index contributed by atoms with van der Waals surface area (Å²) < 4.78 is 5.56. The van der Waals surface area contributed by atoms with E-state index in [4.69, 9.17) is 23.1 Å². The van der Waals surface area contributed by atoms with Gasteiger partial charge in [-0.15, -0.1) is 11.3 Å². The Morgan fingerprint density at radius 2 is 2.03 bits per heavy atom. The van der Waals surface area contributed by atoms with Gasteiger partial charge in [-0.25, -0.2) is 4.98 Å². The van der Waals surface area contributed by atoms with Gasteiger partial charge in [0.15, 0.2) is 13.0 Å². The second-order valence-electron chi connectivity index (χ2n) is 6.05. The lowest BCUT2D eigenvalue weighted by molar-refractivity contribution is -0.741. The van der Waals surface area contributed by atoms with Crippen molar-refractivity contribution < 1.29 is 19.1 Å². The van der Waals surface area contributed by atoms with E-state index in [1.54, 1.807) is 24.3 Å². The second-order valence-corrected chi connectivity index (χ2v) is 7.49. The van der Waals surface area contributed by atoms with E-state index in [9.17, 15) is 15.2 Å². The molecule has 11 heteroatoms. The molecule has 4 N–H and O–H groups in total. The normalized spacial score (nSPS) is 10.9. The third kappa shape index (κ3) is 2.84. The zero-order chi connectivity index (χ0) is 20.9. The molecule has 3 heterocycles. The Bertz CT molecular complexity index is 1320. The fourth-order valence-electron chi connectivity index (χ4n) is 3.02. The summed E-state index contributed by atoms with van der Waals surface area (Å²) in [4.78, 5) is 17.6. The summed E-state index contributed by atoms with van der Waals surface area (Å²) in [5, 5.41) is 25.9. The van der Waals surface area contributed by atoms with Crippen molar-refractivity contribution in [1.29, 1.82) is 5.26 Å². The molecule has 0 atom stereocenters. The van der Waals surface area contributed by atoms with Crippen molar-refractivity contribution in [3.8, 4) is 23.1 Å². The molecule has 0 spiro atoms. The van der Waals surface area contributed by atoms with Crippen LogP contribution in [0.2, 0.25) is 5.02 Å². The van der Waals surface area contributed by atoms with Gasteiger partial charge in [-0.05, 0) is 17.7 Å². The molecule has 0 amide bonds. The van der Waals surface area contributed by atoms with Gasteiger partial charge in [0.2, 0.25) is 0 Å². The molecule has 4 rings (SSSR count). The van der Waals surface area contributed by atoms with Crippen LogP contribution in [0.4, 0.5) is 11.5 Å². The molecule has 0 unspecified atom stereocenters. The SMILES string of the molecule is C[n+]1noc([O-])c1C(=O)c1sc2nc(N)c(C#N)c(-c3ccc(Cl)cc3)c2c1N. The first-order valence-corrected chi connectivity index (χ1v) is 9.28. The first-order valence-electron chi connectivity index (χ1n) is 8.08. The number of nitrogen functional groups attached to an aromatic ring is 2. The van der Waals surface area contributed by atoms with E-state index in [0.717, 1.165) is 16.0 Å². The Kier molecular flexibility index (Phi) is 4.34. The van der Waals surface area contributed by atoms with Gasteiger partial charge in [-0.3, -0.25) is 4.79 Å². The molecule has 3 aromatic heterocycles. The number of pyridine rings is 1. The number of rotatable bonds is 3. The average molecular weight is 427 g/mol. The zero-order valence-electron chi connectivity index (χ0n) is 14.8. The topological polar surface area (TPSA) is 159 Å². The zero-order valence-corrected chi connectivity index (χ0v) is 16.3. The third-order valence-corrected chi connectivity index (χ3v) is 5.68. The summed E-state index contributed by atoms with van der Waals surface area (Å²) in [6.45, 7) is 0. The van der Waals surface area contributed by atoms with E-state index < -0.39 is 11.7 Å². The Labute approximate surface area is 172 Å². The van der Waals surface area contributed by atoms with Gasteiger partial charge in [-0.2, -0.15) is 5.26 Å². The number of thiophene rings is 1. The highest BCUT2D eigenvalue weighted by molar-refractivity contribution is 7.21. The number of benzene rings is 1. The smallest absolute Gasteiger partial charge is 0.305 e. The number of carbonyl (C=O) groups excluding carboxylic acids is 1. The lowest BCUT2D eigenvalue weighted by atomic mass is 9.97. The molecule has 0 bridgehead atoms. The lowest BCUT2D eigenvalue weighted by Gasteiger charge is -2.09.